The Morgan fingerprint density at radius 3 is 2.53 bits per heavy atom. The number of nitrogens with two attached hydrogens (primary N) is 1. The van der Waals surface area contributed by atoms with Gasteiger partial charge in [0.25, 0.3) is 0 Å². The van der Waals surface area contributed by atoms with Crippen molar-refractivity contribution in [1.29, 1.82) is 0 Å². The molecule has 0 aliphatic heterocycles. The number of imidazole rings is 1. The number of hydrogen-bond acceptors (Lipinski definition) is 6. The fourth-order valence-electron chi connectivity index (χ4n) is 4.19. The molecule has 0 unspecified atom stereocenters. The second-order valence-corrected chi connectivity index (χ2v) is 9.58. The number of primary amides is 1. The van der Waals surface area contributed by atoms with Gasteiger partial charge in [0, 0.05) is 36.3 Å². The maximum absolute atomic E-state index is 15.3. The van der Waals surface area contributed by atoms with Gasteiger partial charge in [0.2, 0.25) is 11.8 Å². The van der Waals surface area contributed by atoms with Gasteiger partial charge in [-0.05, 0) is 44.2 Å². The lowest BCUT2D eigenvalue weighted by Gasteiger charge is -2.23. The molecular weight excluding hydrogens is 505 g/mol. The molecule has 0 bridgehead atoms. The molecule has 8 nitrogen and oxygen atoms in total. The second-order valence-electron chi connectivity index (χ2n) is 8.52. The number of fused-ring (bicyclic) bond motifs is 1. The number of nitrogens with zero attached hydrogens (tertiary/aromatic N) is 4. The number of hydrogen-bond donors (Lipinski definition) is 1. The minimum Gasteiger partial charge on any atom is -0.453 e. The Bertz CT molecular complexity index is 1650. The van der Waals surface area contributed by atoms with Gasteiger partial charge in [0.05, 0.1) is 27.1 Å². The Hall–Kier alpha value is -4.57. The highest BCUT2D eigenvalue weighted by atomic mass is 32.1. The van der Waals surface area contributed by atoms with Crippen molar-refractivity contribution in [3.05, 3.63) is 84.7 Å². The molecule has 5 aromatic rings. The molecule has 3 heterocycles. The molecule has 2 aromatic carbocycles. The van der Waals surface area contributed by atoms with Crippen molar-refractivity contribution in [3.8, 4) is 22.1 Å². The maximum Gasteiger partial charge on any atom is 0.240 e. The van der Waals surface area contributed by atoms with Crippen LogP contribution >= 0.6 is 11.3 Å². The number of carbonyl (C=O) groups is 2. The molecule has 0 radical (unpaired) electrons. The van der Waals surface area contributed by atoms with Gasteiger partial charge in [-0.3, -0.25) is 19.5 Å². The number of carbonyl (C=O) groups excluding carboxylic acids is 2. The van der Waals surface area contributed by atoms with Crippen LogP contribution in [-0.4, -0.2) is 26.3 Å². The summed E-state index contributed by atoms with van der Waals surface area (Å²) in [7, 11) is 0. The summed E-state index contributed by atoms with van der Waals surface area (Å²) in [4.78, 5) is 35.4. The third-order valence-corrected chi connectivity index (χ3v) is 7.18. The number of anilines is 2. The van der Waals surface area contributed by atoms with Crippen LogP contribution in [0.5, 0.6) is 11.5 Å². The predicted octanol–water partition coefficient (Wildman–Crippen LogP) is 5.96. The van der Waals surface area contributed by atoms with Crippen molar-refractivity contribution < 1.29 is 18.7 Å². The Morgan fingerprint density at radius 2 is 1.84 bits per heavy atom. The van der Waals surface area contributed by atoms with Crippen molar-refractivity contribution in [2.75, 3.05) is 4.90 Å². The van der Waals surface area contributed by atoms with Crippen molar-refractivity contribution in [2.45, 2.75) is 26.8 Å². The molecule has 10 heteroatoms. The summed E-state index contributed by atoms with van der Waals surface area (Å²) < 4.78 is 24.1. The van der Waals surface area contributed by atoms with E-state index in [0.29, 0.717) is 11.4 Å². The first-order valence-corrected chi connectivity index (χ1v) is 12.7. The molecule has 2 amide bonds. The molecule has 0 fully saturated rings. The Labute approximate surface area is 222 Å². The molecule has 0 saturated heterocycles. The van der Waals surface area contributed by atoms with Gasteiger partial charge in [-0.25, -0.2) is 9.37 Å². The highest BCUT2D eigenvalue weighted by Crippen LogP contribution is 2.40. The average molecular weight is 530 g/mol. The van der Waals surface area contributed by atoms with Crippen molar-refractivity contribution in [2.24, 2.45) is 5.73 Å². The highest BCUT2D eigenvalue weighted by molar-refractivity contribution is 7.22. The minimum absolute atomic E-state index is 0.0157. The number of ether oxygens (including phenoxy) is 1. The van der Waals surface area contributed by atoms with Gasteiger partial charge in [0.15, 0.2) is 11.6 Å². The van der Waals surface area contributed by atoms with Crippen LogP contribution in [0.4, 0.5) is 15.8 Å². The number of thiophene rings is 1. The van der Waals surface area contributed by atoms with Gasteiger partial charge >= 0.3 is 0 Å². The van der Waals surface area contributed by atoms with E-state index in [1.807, 2.05) is 19.3 Å². The van der Waals surface area contributed by atoms with Gasteiger partial charge in [-0.15, -0.1) is 11.3 Å². The number of halogens is 1. The lowest BCUT2D eigenvalue weighted by atomic mass is 10.2. The zero-order valence-electron chi connectivity index (χ0n) is 20.7. The van der Waals surface area contributed by atoms with Crippen LogP contribution in [0.3, 0.4) is 0 Å². The van der Waals surface area contributed by atoms with E-state index in [9.17, 15) is 9.59 Å². The average Bonchev–Trinajstić information content (AvgIpc) is 3.49. The van der Waals surface area contributed by atoms with E-state index in [-0.39, 0.29) is 11.4 Å². The zero-order valence-corrected chi connectivity index (χ0v) is 21.5. The van der Waals surface area contributed by atoms with Crippen LogP contribution < -0.4 is 15.4 Å². The summed E-state index contributed by atoms with van der Waals surface area (Å²) in [6.45, 7) is 4.90. The smallest absolute Gasteiger partial charge is 0.240 e. The van der Waals surface area contributed by atoms with E-state index in [1.54, 1.807) is 48.7 Å². The van der Waals surface area contributed by atoms with Crippen molar-refractivity contribution >= 4 is 44.7 Å². The van der Waals surface area contributed by atoms with E-state index in [0.717, 1.165) is 33.0 Å². The molecule has 0 aliphatic carbocycles. The van der Waals surface area contributed by atoms with Crippen LogP contribution in [0.25, 0.3) is 20.8 Å². The topological polar surface area (TPSA) is 103 Å². The third kappa shape index (κ3) is 4.85. The van der Waals surface area contributed by atoms with Crippen LogP contribution in [0.15, 0.2) is 73.2 Å². The lowest BCUT2D eigenvalue weighted by molar-refractivity contribution is -0.125. The normalized spacial score (nSPS) is 11.0. The minimum atomic E-state index is -0.773. The lowest BCUT2D eigenvalue weighted by Crippen LogP contribution is -2.30. The first kappa shape index (κ1) is 25.1. The standard InChI is InChI=1S/C28H24FN5O3S/c1-3-33-16-32-27(17(33)2)24-14-21-28(38-24)23(11-12-31-21)37-22-10-9-19(13-20(22)29)34(26(36)15-25(30)35)18-7-5-4-6-8-18/h4-14,16H,3,15H2,1-2H3,(H2,30,35). The molecule has 2 N–H and O–H groups in total. The monoisotopic (exact) mass is 529 g/mol. The summed E-state index contributed by atoms with van der Waals surface area (Å²) in [5.41, 5.74) is 8.61. The number of pyridine rings is 1. The van der Waals surface area contributed by atoms with E-state index < -0.39 is 24.1 Å². The molecule has 192 valence electrons. The van der Waals surface area contributed by atoms with Crippen molar-refractivity contribution in [3.63, 3.8) is 0 Å². The number of amides is 2. The first-order chi connectivity index (χ1) is 18.4. The molecular formula is C28H24FN5O3S. The van der Waals surface area contributed by atoms with Crippen LogP contribution in [-0.2, 0) is 16.1 Å². The highest BCUT2D eigenvalue weighted by Gasteiger charge is 2.22. The number of rotatable bonds is 8. The van der Waals surface area contributed by atoms with Crippen LogP contribution in [0.2, 0.25) is 0 Å². The molecule has 0 spiro atoms. The van der Waals surface area contributed by atoms with Crippen molar-refractivity contribution in [1.82, 2.24) is 14.5 Å². The summed E-state index contributed by atoms with van der Waals surface area (Å²) in [6.07, 6.45) is 2.90. The Morgan fingerprint density at radius 1 is 1.05 bits per heavy atom. The molecule has 38 heavy (non-hydrogen) atoms. The molecule has 3 aromatic heterocycles. The number of para-hydroxylation sites is 1. The summed E-state index contributed by atoms with van der Waals surface area (Å²) in [5.74, 6) is -1.58. The second kappa shape index (κ2) is 10.4. The fourth-order valence-corrected chi connectivity index (χ4v) is 5.30. The van der Waals surface area contributed by atoms with Gasteiger partial charge < -0.3 is 15.0 Å². The van der Waals surface area contributed by atoms with Crippen LogP contribution in [0.1, 0.15) is 19.0 Å². The van der Waals surface area contributed by atoms with Gasteiger partial charge in [-0.1, -0.05) is 18.2 Å². The maximum atomic E-state index is 15.3. The number of benzene rings is 2. The van der Waals surface area contributed by atoms with E-state index in [1.165, 1.54) is 28.4 Å². The molecule has 0 atom stereocenters. The van der Waals surface area contributed by atoms with E-state index >= 15 is 4.39 Å². The number of aryl methyl sites for hydroxylation is 1. The SMILES string of the molecule is CCn1cnc(-c2cc3nccc(Oc4ccc(N(C(=O)CC(N)=O)c5ccccc5)cc4F)c3s2)c1C. The Balaban J connectivity index is 1.47. The molecule has 5 rings (SSSR count). The fraction of sp³-hybridized carbons (Fsp3) is 0.143. The predicted molar refractivity (Wildman–Crippen MR) is 145 cm³/mol. The Kier molecular flexibility index (Phi) is 6.89. The molecule has 0 saturated carbocycles. The summed E-state index contributed by atoms with van der Waals surface area (Å²) in [6, 6.07) is 16.5. The zero-order chi connectivity index (χ0) is 26.8. The third-order valence-electron chi connectivity index (χ3n) is 6.03. The summed E-state index contributed by atoms with van der Waals surface area (Å²) in [5, 5.41) is 0. The van der Waals surface area contributed by atoms with E-state index in [2.05, 4.69) is 21.5 Å². The quantitative estimate of drug-likeness (QED) is 0.250. The summed E-state index contributed by atoms with van der Waals surface area (Å²) >= 11 is 1.47. The molecule has 0 aliphatic rings. The largest absolute Gasteiger partial charge is 0.453 e. The van der Waals surface area contributed by atoms with Gasteiger partial charge in [-0.2, -0.15) is 0 Å². The van der Waals surface area contributed by atoms with Gasteiger partial charge in [0.1, 0.15) is 17.9 Å². The van der Waals surface area contributed by atoms with E-state index in [4.69, 9.17) is 10.5 Å². The number of aromatic nitrogens is 3. The first-order valence-electron chi connectivity index (χ1n) is 11.9. The van der Waals surface area contributed by atoms with Crippen LogP contribution in [0, 0.1) is 12.7 Å².